The predicted octanol–water partition coefficient (Wildman–Crippen LogP) is 6.11. The van der Waals surface area contributed by atoms with E-state index in [1.54, 1.807) is 12.1 Å². The molecule has 0 spiro atoms. The van der Waals surface area contributed by atoms with Crippen molar-refractivity contribution in [2.24, 2.45) is 0 Å². The smallest absolute Gasteiger partial charge is 0.387 e. The van der Waals surface area contributed by atoms with Gasteiger partial charge in [0.1, 0.15) is 11.6 Å². The summed E-state index contributed by atoms with van der Waals surface area (Å²) in [5, 5.41) is 0. The Morgan fingerprint density at radius 2 is 1.81 bits per heavy atom. The molecule has 0 radical (unpaired) electrons. The van der Waals surface area contributed by atoms with Crippen molar-refractivity contribution in [2.75, 3.05) is 0 Å². The lowest BCUT2D eigenvalue weighted by molar-refractivity contribution is -0.0506. The molecule has 156 valence electrons. The minimum Gasteiger partial charge on any atom is -0.434 e. The second-order valence-corrected chi connectivity index (χ2v) is 8.32. The van der Waals surface area contributed by atoms with Crippen molar-refractivity contribution >= 4 is 11.0 Å². The highest BCUT2D eigenvalue weighted by Gasteiger charge is 2.30. The van der Waals surface area contributed by atoms with Crippen LogP contribution in [-0.4, -0.2) is 21.1 Å². The Morgan fingerprint density at radius 1 is 0.968 bits per heavy atom. The number of hydrogen-bond donors (Lipinski definition) is 0. The average Bonchev–Trinajstić information content (AvgIpc) is 3.45. The lowest BCUT2D eigenvalue weighted by atomic mass is 10.0. The van der Waals surface area contributed by atoms with E-state index >= 15 is 0 Å². The standard InChI is InChI=1S/C25H21F2N3O/c26-25(27)31-23-4-2-1-3-18(23)21-11-12-24-29-20-10-7-16(13-22(20)30(21)24)17-8-9-19(28-14-17)15-5-6-15/h1-4,7-10,13-15,21,25H,5-6,11-12H2/t21-/m1/s1. The van der Waals surface area contributed by atoms with E-state index in [0.29, 0.717) is 5.92 Å². The van der Waals surface area contributed by atoms with Crippen LogP contribution in [0.2, 0.25) is 0 Å². The van der Waals surface area contributed by atoms with Gasteiger partial charge in [-0.05, 0) is 49.1 Å². The van der Waals surface area contributed by atoms with Gasteiger partial charge in [-0.15, -0.1) is 0 Å². The summed E-state index contributed by atoms with van der Waals surface area (Å²) in [5.74, 6) is 1.84. The Morgan fingerprint density at radius 3 is 2.58 bits per heavy atom. The number of halogens is 2. The Bertz CT molecular complexity index is 1260. The van der Waals surface area contributed by atoms with Crippen molar-refractivity contribution in [3.8, 4) is 16.9 Å². The second-order valence-electron chi connectivity index (χ2n) is 8.32. The van der Waals surface area contributed by atoms with Gasteiger partial charge in [-0.3, -0.25) is 4.98 Å². The molecule has 1 fully saturated rings. The topological polar surface area (TPSA) is 39.9 Å². The minimum atomic E-state index is -2.85. The van der Waals surface area contributed by atoms with Crippen LogP contribution < -0.4 is 4.74 Å². The number of para-hydroxylation sites is 1. The van der Waals surface area contributed by atoms with Crippen molar-refractivity contribution in [3.05, 3.63) is 77.9 Å². The van der Waals surface area contributed by atoms with E-state index in [-0.39, 0.29) is 11.8 Å². The molecule has 4 aromatic rings. The number of alkyl halides is 2. The summed E-state index contributed by atoms with van der Waals surface area (Å²) in [5.41, 5.74) is 6.00. The van der Waals surface area contributed by atoms with Crippen LogP contribution in [0.15, 0.2) is 60.8 Å². The first kappa shape index (κ1) is 18.5. The molecule has 0 amide bonds. The zero-order valence-corrected chi connectivity index (χ0v) is 16.8. The second kappa shape index (κ2) is 7.15. The van der Waals surface area contributed by atoms with Crippen molar-refractivity contribution < 1.29 is 13.5 Å². The SMILES string of the molecule is FC(F)Oc1ccccc1[C@H]1CCc2nc3ccc(-c4ccc(C5CC5)nc4)cc3n21. The van der Waals surface area contributed by atoms with Crippen molar-refractivity contribution in [3.63, 3.8) is 0 Å². The van der Waals surface area contributed by atoms with E-state index in [9.17, 15) is 8.78 Å². The number of fused-ring (bicyclic) bond motifs is 3. The van der Waals surface area contributed by atoms with E-state index in [2.05, 4.69) is 33.8 Å². The van der Waals surface area contributed by atoms with E-state index < -0.39 is 6.61 Å². The molecule has 1 saturated carbocycles. The Kier molecular flexibility index (Phi) is 4.26. The third kappa shape index (κ3) is 3.26. The Hall–Kier alpha value is -3.28. The van der Waals surface area contributed by atoms with Crippen LogP contribution in [-0.2, 0) is 6.42 Å². The highest BCUT2D eigenvalue weighted by molar-refractivity contribution is 5.83. The van der Waals surface area contributed by atoms with Crippen molar-refractivity contribution in [2.45, 2.75) is 44.3 Å². The highest BCUT2D eigenvalue weighted by atomic mass is 19.3. The summed E-state index contributed by atoms with van der Waals surface area (Å²) in [4.78, 5) is 9.45. The van der Waals surface area contributed by atoms with Crippen LogP contribution in [0.3, 0.4) is 0 Å². The molecule has 2 aromatic carbocycles. The van der Waals surface area contributed by atoms with E-state index in [4.69, 9.17) is 9.72 Å². The van der Waals surface area contributed by atoms with Gasteiger partial charge >= 0.3 is 6.61 Å². The number of pyridine rings is 1. The molecule has 1 aliphatic carbocycles. The lowest BCUT2D eigenvalue weighted by Crippen LogP contribution is -2.10. The number of ether oxygens (including phenoxy) is 1. The van der Waals surface area contributed by atoms with Crippen molar-refractivity contribution in [1.82, 2.24) is 14.5 Å². The zero-order valence-electron chi connectivity index (χ0n) is 16.8. The third-order valence-corrected chi connectivity index (χ3v) is 6.32. The molecule has 1 atom stereocenters. The molecular formula is C25H21F2N3O. The number of nitrogens with zero attached hydrogens (tertiary/aromatic N) is 3. The summed E-state index contributed by atoms with van der Waals surface area (Å²) in [7, 11) is 0. The first-order chi connectivity index (χ1) is 15.2. The maximum absolute atomic E-state index is 13.0. The van der Waals surface area contributed by atoms with Crippen LogP contribution in [0.5, 0.6) is 5.75 Å². The van der Waals surface area contributed by atoms with Crippen LogP contribution in [0, 0.1) is 0 Å². The number of aryl methyl sites for hydroxylation is 1. The van der Waals surface area contributed by atoms with Gasteiger partial charge < -0.3 is 9.30 Å². The Labute approximate surface area is 178 Å². The number of aromatic nitrogens is 3. The monoisotopic (exact) mass is 417 g/mol. The predicted molar refractivity (Wildman–Crippen MR) is 114 cm³/mol. The highest BCUT2D eigenvalue weighted by Crippen LogP contribution is 2.41. The summed E-state index contributed by atoms with van der Waals surface area (Å²) in [6.45, 7) is -2.85. The summed E-state index contributed by atoms with van der Waals surface area (Å²) >= 11 is 0. The maximum Gasteiger partial charge on any atom is 0.387 e. The molecule has 31 heavy (non-hydrogen) atoms. The molecule has 2 aromatic heterocycles. The molecule has 6 heteroatoms. The number of rotatable bonds is 5. The largest absolute Gasteiger partial charge is 0.434 e. The fourth-order valence-corrected chi connectivity index (χ4v) is 4.69. The van der Waals surface area contributed by atoms with Gasteiger partial charge in [0.05, 0.1) is 17.1 Å². The van der Waals surface area contributed by atoms with Gasteiger partial charge in [-0.1, -0.05) is 30.3 Å². The Balaban J connectivity index is 1.42. The molecule has 1 aliphatic heterocycles. The third-order valence-electron chi connectivity index (χ3n) is 6.32. The van der Waals surface area contributed by atoms with Crippen LogP contribution in [0.1, 0.15) is 48.3 Å². The minimum absolute atomic E-state index is 0.0828. The maximum atomic E-state index is 13.0. The van der Waals surface area contributed by atoms with Gasteiger partial charge in [-0.25, -0.2) is 4.98 Å². The van der Waals surface area contributed by atoms with Gasteiger partial charge in [0, 0.05) is 35.4 Å². The van der Waals surface area contributed by atoms with Gasteiger partial charge in [0.2, 0.25) is 0 Å². The summed E-state index contributed by atoms with van der Waals surface area (Å²) in [6.07, 6.45) is 6.02. The molecule has 0 saturated heterocycles. The first-order valence-electron chi connectivity index (χ1n) is 10.7. The van der Waals surface area contributed by atoms with Gasteiger partial charge in [-0.2, -0.15) is 8.78 Å². The van der Waals surface area contributed by atoms with Gasteiger partial charge in [0.25, 0.3) is 0 Å². The van der Waals surface area contributed by atoms with Crippen LogP contribution >= 0.6 is 0 Å². The molecule has 0 bridgehead atoms. The van der Waals surface area contributed by atoms with Crippen LogP contribution in [0.25, 0.3) is 22.2 Å². The molecule has 0 unspecified atom stereocenters. The molecule has 2 aliphatic rings. The summed E-state index contributed by atoms with van der Waals surface area (Å²) < 4.78 is 32.9. The normalized spacial score (nSPS) is 18.0. The fraction of sp³-hybridized carbons (Fsp3) is 0.280. The fourth-order valence-electron chi connectivity index (χ4n) is 4.69. The average molecular weight is 417 g/mol. The lowest BCUT2D eigenvalue weighted by Gasteiger charge is -2.19. The van der Waals surface area contributed by atoms with E-state index in [0.717, 1.165) is 46.4 Å². The van der Waals surface area contributed by atoms with Gasteiger partial charge in [0.15, 0.2) is 0 Å². The molecular weight excluding hydrogens is 396 g/mol. The molecule has 6 rings (SSSR count). The quantitative estimate of drug-likeness (QED) is 0.393. The zero-order chi connectivity index (χ0) is 20.9. The number of hydrogen-bond acceptors (Lipinski definition) is 3. The van der Waals surface area contributed by atoms with E-state index in [1.807, 2.05) is 24.4 Å². The summed E-state index contributed by atoms with van der Waals surface area (Å²) in [6, 6.07) is 17.5. The number of benzene rings is 2. The molecule has 3 heterocycles. The van der Waals surface area contributed by atoms with Crippen molar-refractivity contribution in [1.29, 1.82) is 0 Å². The van der Waals surface area contributed by atoms with Crippen LogP contribution in [0.4, 0.5) is 8.78 Å². The van der Waals surface area contributed by atoms with E-state index in [1.165, 1.54) is 18.5 Å². The first-order valence-corrected chi connectivity index (χ1v) is 10.7. The molecule has 4 nitrogen and oxygen atoms in total. The molecule has 0 N–H and O–H groups in total. The number of imidazole rings is 1.